The quantitative estimate of drug-likeness (QED) is 0.387. The van der Waals surface area contributed by atoms with Crippen LogP contribution in [0.3, 0.4) is 0 Å². The second-order valence-corrected chi connectivity index (χ2v) is 8.20. The highest BCUT2D eigenvalue weighted by Gasteiger charge is 2.22. The number of aliphatic hydroxyl groups is 1. The predicted octanol–water partition coefficient (Wildman–Crippen LogP) is 3.22. The maximum absolute atomic E-state index is 13.3. The molecule has 0 amide bonds. The van der Waals surface area contributed by atoms with Crippen LogP contribution in [0.2, 0.25) is 0 Å². The third kappa shape index (κ3) is 4.24. The number of aromatic nitrogens is 4. The lowest BCUT2D eigenvalue weighted by Gasteiger charge is -2.12. The van der Waals surface area contributed by atoms with Crippen molar-refractivity contribution in [2.45, 2.75) is 52.9 Å². The molecule has 0 aliphatic heterocycles. The molecular weight excluding hydrogens is 432 g/mol. The summed E-state index contributed by atoms with van der Waals surface area (Å²) in [5, 5.41) is 9.93. The first-order valence-corrected chi connectivity index (χ1v) is 11.5. The molecule has 0 aliphatic carbocycles. The third-order valence-electron chi connectivity index (χ3n) is 5.85. The smallest absolute Gasteiger partial charge is 0.332 e. The molecule has 2 aromatic carbocycles. The van der Waals surface area contributed by atoms with Crippen molar-refractivity contribution in [2.24, 2.45) is 0 Å². The standard InChI is InChI=1S/C26H28N4O4/c1-3-14-28-24-23(25(33)29(15-4-2)26(28)34)30(22(17-31)27-24)16-21(32)20-12-10-19(11-13-20)18-8-6-5-7-9-18/h5-13,31H,3-4,14-17H2,1-2H3. The minimum atomic E-state index is -0.492. The second-order valence-electron chi connectivity index (χ2n) is 8.20. The Hall–Kier alpha value is -3.78. The van der Waals surface area contributed by atoms with Crippen LogP contribution in [0.4, 0.5) is 0 Å². The molecule has 0 saturated heterocycles. The normalized spacial score (nSPS) is 11.3. The van der Waals surface area contributed by atoms with Crippen molar-refractivity contribution in [1.29, 1.82) is 0 Å². The molecular formula is C26H28N4O4. The zero-order valence-corrected chi connectivity index (χ0v) is 19.4. The average molecular weight is 461 g/mol. The van der Waals surface area contributed by atoms with Gasteiger partial charge in [0.1, 0.15) is 12.4 Å². The Labute approximate surface area is 196 Å². The number of benzene rings is 2. The number of carbonyl (C=O) groups is 1. The highest BCUT2D eigenvalue weighted by atomic mass is 16.3. The number of ketones is 1. The lowest BCUT2D eigenvalue weighted by molar-refractivity contribution is 0.0970. The van der Waals surface area contributed by atoms with Crippen molar-refractivity contribution in [2.75, 3.05) is 0 Å². The highest BCUT2D eigenvalue weighted by molar-refractivity contribution is 5.97. The fraction of sp³-hybridized carbons (Fsp3) is 0.308. The van der Waals surface area contributed by atoms with Crippen LogP contribution in [-0.4, -0.2) is 29.6 Å². The molecule has 1 N–H and O–H groups in total. The number of hydrogen-bond donors (Lipinski definition) is 1. The van der Waals surface area contributed by atoms with Crippen molar-refractivity contribution >= 4 is 16.9 Å². The van der Waals surface area contributed by atoms with Gasteiger partial charge in [-0.1, -0.05) is 68.4 Å². The number of nitrogens with zero attached hydrogens (tertiary/aromatic N) is 4. The lowest BCUT2D eigenvalue weighted by Crippen LogP contribution is -2.40. The van der Waals surface area contributed by atoms with Crippen LogP contribution in [0.15, 0.2) is 64.2 Å². The molecule has 0 saturated carbocycles. The Balaban J connectivity index is 1.77. The van der Waals surface area contributed by atoms with Crippen LogP contribution in [0.25, 0.3) is 22.3 Å². The van der Waals surface area contributed by atoms with E-state index < -0.39 is 17.9 Å². The maximum Gasteiger partial charge on any atom is 0.332 e. The lowest BCUT2D eigenvalue weighted by atomic mass is 10.0. The number of fused-ring (bicyclic) bond motifs is 1. The number of rotatable bonds is 9. The molecule has 0 aliphatic rings. The van der Waals surface area contributed by atoms with Gasteiger partial charge < -0.3 is 9.67 Å². The summed E-state index contributed by atoms with van der Waals surface area (Å²) in [6.45, 7) is 3.85. The molecule has 34 heavy (non-hydrogen) atoms. The van der Waals surface area contributed by atoms with Gasteiger partial charge >= 0.3 is 5.69 Å². The van der Waals surface area contributed by atoms with Crippen molar-refractivity contribution in [3.05, 3.63) is 86.8 Å². The van der Waals surface area contributed by atoms with E-state index in [0.29, 0.717) is 24.9 Å². The van der Waals surface area contributed by atoms with Crippen LogP contribution in [0.1, 0.15) is 42.9 Å². The molecule has 8 nitrogen and oxygen atoms in total. The first-order chi connectivity index (χ1) is 16.5. The molecule has 2 aromatic heterocycles. The van der Waals surface area contributed by atoms with Crippen LogP contribution >= 0.6 is 0 Å². The first-order valence-electron chi connectivity index (χ1n) is 11.5. The number of hydrogen-bond acceptors (Lipinski definition) is 5. The van der Waals surface area contributed by atoms with E-state index in [1.54, 1.807) is 12.1 Å². The van der Waals surface area contributed by atoms with Crippen molar-refractivity contribution in [1.82, 2.24) is 18.7 Å². The zero-order valence-electron chi connectivity index (χ0n) is 19.4. The van der Waals surface area contributed by atoms with Gasteiger partial charge in [0.2, 0.25) is 0 Å². The van der Waals surface area contributed by atoms with E-state index >= 15 is 0 Å². The molecule has 0 fully saturated rings. The summed E-state index contributed by atoms with van der Waals surface area (Å²) in [7, 11) is 0. The van der Waals surface area contributed by atoms with Crippen molar-refractivity contribution in [3.63, 3.8) is 0 Å². The number of imidazole rings is 1. The molecule has 8 heteroatoms. The number of aliphatic hydroxyl groups excluding tert-OH is 1. The summed E-state index contributed by atoms with van der Waals surface area (Å²) in [5.41, 5.74) is 2.00. The summed E-state index contributed by atoms with van der Waals surface area (Å²) in [5.74, 6) is -0.0387. The fourth-order valence-electron chi connectivity index (χ4n) is 4.19. The largest absolute Gasteiger partial charge is 0.388 e. The van der Waals surface area contributed by atoms with Gasteiger partial charge in [-0.25, -0.2) is 9.78 Å². The van der Waals surface area contributed by atoms with E-state index in [-0.39, 0.29) is 35.9 Å². The summed E-state index contributed by atoms with van der Waals surface area (Å²) in [6, 6.07) is 17.1. The molecule has 0 bridgehead atoms. The topological polar surface area (TPSA) is 99.1 Å². The van der Waals surface area contributed by atoms with Gasteiger partial charge in [-0.3, -0.25) is 18.7 Å². The third-order valence-corrected chi connectivity index (χ3v) is 5.85. The molecule has 0 radical (unpaired) electrons. The van der Waals surface area contributed by atoms with Gasteiger partial charge in [0.25, 0.3) is 5.56 Å². The van der Waals surface area contributed by atoms with Gasteiger partial charge in [0.15, 0.2) is 16.9 Å². The SMILES string of the molecule is CCCn1c(=O)c2c(nc(CO)n2CC(=O)c2ccc(-c3ccccc3)cc2)n(CCC)c1=O. The van der Waals surface area contributed by atoms with Gasteiger partial charge in [-0.15, -0.1) is 0 Å². The Morgan fingerprint density at radius 2 is 1.47 bits per heavy atom. The number of carbonyl (C=O) groups excluding carboxylic acids is 1. The first kappa shape index (κ1) is 23.4. The monoisotopic (exact) mass is 460 g/mol. The Kier molecular flexibility index (Phi) is 6.88. The minimum absolute atomic E-state index is 0.164. The van der Waals surface area contributed by atoms with Gasteiger partial charge in [0, 0.05) is 18.7 Å². The van der Waals surface area contributed by atoms with E-state index in [0.717, 1.165) is 11.1 Å². The minimum Gasteiger partial charge on any atom is -0.388 e. The van der Waals surface area contributed by atoms with Gasteiger partial charge in [-0.2, -0.15) is 0 Å². The molecule has 176 valence electrons. The van der Waals surface area contributed by atoms with Crippen LogP contribution < -0.4 is 11.2 Å². The van der Waals surface area contributed by atoms with Gasteiger partial charge in [0.05, 0.1) is 6.54 Å². The van der Waals surface area contributed by atoms with Crippen LogP contribution in [0.5, 0.6) is 0 Å². The summed E-state index contributed by atoms with van der Waals surface area (Å²) in [6.07, 6.45) is 1.29. The molecule has 2 heterocycles. The summed E-state index contributed by atoms with van der Waals surface area (Å²) < 4.78 is 4.10. The van der Waals surface area contributed by atoms with Gasteiger partial charge in [-0.05, 0) is 24.0 Å². The average Bonchev–Trinajstić information content (AvgIpc) is 3.23. The molecule has 4 rings (SSSR count). The van der Waals surface area contributed by atoms with Crippen molar-refractivity contribution in [3.8, 4) is 11.1 Å². The predicted molar refractivity (Wildman–Crippen MR) is 131 cm³/mol. The van der Waals surface area contributed by atoms with E-state index in [2.05, 4.69) is 4.98 Å². The second kappa shape index (κ2) is 10.0. The van der Waals surface area contributed by atoms with Crippen molar-refractivity contribution < 1.29 is 9.90 Å². The molecule has 4 aromatic rings. The number of aryl methyl sites for hydroxylation is 1. The number of Topliss-reactive ketones (excluding diaryl/α,β-unsaturated/α-hetero) is 1. The zero-order chi connectivity index (χ0) is 24.2. The van der Waals surface area contributed by atoms with Crippen LogP contribution in [0, 0.1) is 0 Å². The van der Waals surface area contributed by atoms with E-state index in [4.69, 9.17) is 0 Å². The maximum atomic E-state index is 13.3. The summed E-state index contributed by atoms with van der Waals surface area (Å²) >= 11 is 0. The van der Waals surface area contributed by atoms with E-state index in [1.165, 1.54) is 13.7 Å². The molecule has 0 spiro atoms. The van der Waals surface area contributed by atoms with E-state index in [9.17, 15) is 19.5 Å². The fourth-order valence-corrected chi connectivity index (χ4v) is 4.19. The Morgan fingerprint density at radius 3 is 2.09 bits per heavy atom. The van der Waals surface area contributed by atoms with E-state index in [1.807, 2.05) is 56.3 Å². The Bertz CT molecular complexity index is 1430. The van der Waals surface area contributed by atoms with Crippen LogP contribution in [-0.2, 0) is 26.2 Å². The Morgan fingerprint density at radius 1 is 0.853 bits per heavy atom. The molecule has 0 atom stereocenters. The summed E-state index contributed by atoms with van der Waals surface area (Å²) in [4.78, 5) is 43.7. The molecule has 0 unspecified atom stereocenters. The highest BCUT2D eigenvalue weighted by Crippen LogP contribution is 2.20.